The zero-order chi connectivity index (χ0) is 12.8. The van der Waals surface area contributed by atoms with Crippen molar-refractivity contribution in [3.8, 4) is 0 Å². The number of hydrogen-bond donors (Lipinski definition) is 3. The molecule has 1 aromatic carbocycles. The van der Waals surface area contributed by atoms with Crippen LogP contribution in [0, 0.1) is 10.8 Å². The Kier molecular flexibility index (Phi) is 6.24. The number of amidine groups is 1. The summed E-state index contributed by atoms with van der Waals surface area (Å²) >= 11 is 6.20. The summed E-state index contributed by atoms with van der Waals surface area (Å²) in [4.78, 5) is 0. The fourth-order valence-corrected chi connectivity index (χ4v) is 3.99. The van der Waals surface area contributed by atoms with Gasteiger partial charge in [-0.3, -0.25) is 0 Å². The molecule has 4 N–H and O–H groups in total. The summed E-state index contributed by atoms with van der Waals surface area (Å²) in [5, 5.41) is 17.2. The third kappa shape index (κ3) is 5.71. The summed E-state index contributed by atoms with van der Waals surface area (Å²) in [5.41, 5.74) is 7.82. The van der Waals surface area contributed by atoms with E-state index in [1.807, 2.05) is 25.1 Å². The quantitative estimate of drug-likeness (QED) is 0.391. The molecule has 1 rings (SSSR count). The second kappa shape index (κ2) is 7.20. The van der Waals surface area contributed by atoms with Gasteiger partial charge < -0.3 is 0 Å². The summed E-state index contributed by atoms with van der Waals surface area (Å²) in [7, 11) is 0. The predicted molar refractivity (Wildman–Crippen MR) is 75.7 cm³/mol. The van der Waals surface area contributed by atoms with Crippen LogP contribution in [0.5, 0.6) is 0 Å². The molecule has 0 unspecified atom stereocenters. The molecule has 1 aromatic rings. The minimum atomic E-state index is 0.00611. The van der Waals surface area contributed by atoms with Gasteiger partial charge in [-0.05, 0) is 0 Å². The maximum absolute atomic E-state index is 7.48. The molecule has 0 bridgehead atoms. The maximum atomic E-state index is 7.48. The van der Waals surface area contributed by atoms with Crippen LogP contribution in [-0.4, -0.2) is 39.3 Å². The zero-order valence-electron chi connectivity index (χ0n) is 9.42. The molecule has 0 fully saturated rings. The fraction of sp³-hybridized carbons (Fsp3) is 0.273. The van der Waals surface area contributed by atoms with Crippen molar-refractivity contribution in [2.45, 2.75) is 17.6 Å². The van der Waals surface area contributed by atoms with Gasteiger partial charge in [0.15, 0.2) is 0 Å². The van der Waals surface area contributed by atoms with Crippen LogP contribution in [-0.2, 0) is 10.6 Å². The molecule has 0 aliphatic heterocycles. The molecule has 0 aromatic heterocycles. The Hall–Kier alpha value is -0.311. The Bertz CT molecular complexity index is 435. The summed E-state index contributed by atoms with van der Waals surface area (Å²) in [5.74, 6) is 0. The molecule has 0 radical (unpaired) electrons. The van der Waals surface area contributed by atoms with Crippen molar-refractivity contribution >= 4 is 50.9 Å². The molecule has 0 aliphatic rings. The first kappa shape index (κ1) is 14.7. The van der Waals surface area contributed by atoms with Crippen molar-refractivity contribution in [2.24, 2.45) is 5.73 Å². The van der Waals surface area contributed by atoms with E-state index < -0.39 is 0 Å². The first-order chi connectivity index (χ1) is 7.99. The van der Waals surface area contributed by atoms with Crippen molar-refractivity contribution in [2.75, 3.05) is 0 Å². The van der Waals surface area contributed by atoms with E-state index >= 15 is 0 Å². The van der Waals surface area contributed by atoms with Crippen molar-refractivity contribution < 1.29 is 0 Å². The van der Waals surface area contributed by atoms with Crippen LogP contribution in [0.4, 0.5) is 0 Å². The first-order valence-electron chi connectivity index (χ1n) is 4.91. The molecule has 0 saturated heterocycles. The van der Waals surface area contributed by atoms with Gasteiger partial charge in [0.25, 0.3) is 0 Å². The summed E-state index contributed by atoms with van der Waals surface area (Å²) in [6.07, 6.45) is 0. The molecule has 0 aliphatic carbocycles. The van der Waals surface area contributed by atoms with Crippen LogP contribution in [0.1, 0.15) is 18.1 Å². The predicted octanol–water partition coefficient (Wildman–Crippen LogP) is 1.64. The van der Waals surface area contributed by atoms with Gasteiger partial charge >= 0.3 is 119 Å². The van der Waals surface area contributed by atoms with Crippen LogP contribution in [0.2, 0.25) is 5.02 Å². The van der Waals surface area contributed by atoms with Crippen LogP contribution in [0.15, 0.2) is 18.2 Å². The van der Waals surface area contributed by atoms with E-state index in [9.17, 15) is 0 Å². The average Bonchev–Trinajstić information content (AvgIpc) is 2.24. The number of nitrogens with one attached hydrogen (secondary N) is 2. The Morgan fingerprint density at radius 2 is 1.88 bits per heavy atom. The monoisotopic (exact) mass is 383 g/mol. The van der Waals surface area contributed by atoms with E-state index in [1.165, 1.54) is 11.1 Å². The van der Waals surface area contributed by atoms with Gasteiger partial charge in [-0.1, -0.05) is 0 Å². The van der Waals surface area contributed by atoms with Crippen molar-refractivity contribution in [3.05, 3.63) is 34.3 Å². The third-order valence-corrected chi connectivity index (χ3v) is 5.70. The van der Waals surface area contributed by atoms with E-state index in [4.69, 9.17) is 28.2 Å². The fourth-order valence-electron chi connectivity index (χ4n) is 1.21. The number of hydrogen-bond acceptors (Lipinski definition) is 2. The Balaban J connectivity index is 2.79. The molecule has 0 heterocycles. The Morgan fingerprint density at radius 3 is 2.47 bits per heavy atom. The van der Waals surface area contributed by atoms with Gasteiger partial charge in [-0.25, -0.2) is 0 Å². The van der Waals surface area contributed by atoms with Gasteiger partial charge in [0.2, 0.25) is 0 Å². The van der Waals surface area contributed by atoms with Crippen molar-refractivity contribution in [1.29, 1.82) is 10.8 Å². The van der Waals surface area contributed by atoms with Gasteiger partial charge in [-0.2, -0.15) is 0 Å². The number of rotatable bonds is 6. The molecule has 92 valence electrons. The average molecular weight is 382 g/mol. The standard InChI is InChI=1S/C11H14ClN3Se2/c1-7(13)16-5-8-2-3-10(12)4-9(8)6-17-11(14)15/h2-4,13H,5-6H2,1H3,(H3,14,15). The molecule has 6 heteroatoms. The van der Waals surface area contributed by atoms with Crippen LogP contribution in [0.25, 0.3) is 0 Å². The number of benzene rings is 1. The Labute approximate surface area is 119 Å². The SMILES string of the molecule is CC(=N)[Se]Cc1ccc(Cl)cc1C[Se]C(=N)N. The summed E-state index contributed by atoms with van der Waals surface area (Å²) in [6, 6.07) is 5.87. The molecule has 17 heavy (non-hydrogen) atoms. The van der Waals surface area contributed by atoms with Crippen LogP contribution < -0.4 is 5.73 Å². The molecule has 3 nitrogen and oxygen atoms in total. The van der Waals surface area contributed by atoms with Crippen molar-refractivity contribution in [3.63, 3.8) is 0 Å². The third-order valence-electron chi connectivity index (χ3n) is 2.00. The molecule has 0 atom stereocenters. The van der Waals surface area contributed by atoms with Gasteiger partial charge in [0, 0.05) is 0 Å². The van der Waals surface area contributed by atoms with E-state index in [0.717, 1.165) is 20.3 Å². The number of halogens is 1. The summed E-state index contributed by atoms with van der Waals surface area (Å²) in [6.45, 7) is 1.84. The van der Waals surface area contributed by atoms with Gasteiger partial charge in [0.05, 0.1) is 0 Å². The minimum absolute atomic E-state index is 0.00611. The van der Waals surface area contributed by atoms with E-state index in [0.29, 0.717) is 0 Å². The molecular formula is C11H14ClN3Se2. The molecule has 0 amide bonds. The molecular weight excluding hydrogens is 368 g/mol. The second-order valence-corrected chi connectivity index (χ2v) is 8.48. The van der Waals surface area contributed by atoms with Gasteiger partial charge in [0.1, 0.15) is 0 Å². The van der Waals surface area contributed by atoms with Gasteiger partial charge in [-0.15, -0.1) is 0 Å². The number of nitrogens with two attached hydrogens (primary N) is 1. The second-order valence-electron chi connectivity index (χ2n) is 3.41. The van der Waals surface area contributed by atoms with Crippen molar-refractivity contribution in [1.82, 2.24) is 0 Å². The topological polar surface area (TPSA) is 73.7 Å². The normalized spacial score (nSPS) is 10.2. The summed E-state index contributed by atoms with van der Waals surface area (Å²) < 4.78 is 1.01. The molecule has 0 spiro atoms. The van der Waals surface area contributed by atoms with E-state index in [2.05, 4.69) is 0 Å². The molecule has 0 saturated carbocycles. The van der Waals surface area contributed by atoms with E-state index in [-0.39, 0.29) is 34.6 Å². The van der Waals surface area contributed by atoms with Crippen LogP contribution in [0.3, 0.4) is 0 Å². The first-order valence-corrected chi connectivity index (χ1v) is 9.42. The van der Waals surface area contributed by atoms with E-state index in [1.54, 1.807) is 0 Å². The van der Waals surface area contributed by atoms with Crippen LogP contribution >= 0.6 is 11.6 Å². The Morgan fingerprint density at radius 1 is 1.24 bits per heavy atom. The zero-order valence-corrected chi connectivity index (χ0v) is 13.6.